The number of aromatic nitrogens is 5. The summed E-state index contributed by atoms with van der Waals surface area (Å²) in [5.74, 6) is 0.207. The molecule has 1 N–H and O–H groups in total. The Bertz CT molecular complexity index is 799. The number of amides is 1. The lowest BCUT2D eigenvalue weighted by Crippen LogP contribution is -2.39. The summed E-state index contributed by atoms with van der Waals surface area (Å²) in [6, 6.07) is 0. The standard InChI is InChI=1S/C14H14N6OS/c21-14(10-7-22-8-17-10)20-5-1-2-9(6-20)11-12-13(19-18-11)16-4-3-15-12/h3-4,7-9H,1-2,5-6H2,(H,16,18,19). The number of fused-ring (bicyclic) bond motifs is 1. The first kappa shape index (κ1) is 13.3. The number of rotatable bonds is 2. The lowest BCUT2D eigenvalue weighted by atomic mass is 9.94. The highest BCUT2D eigenvalue weighted by Crippen LogP contribution is 2.29. The van der Waals surface area contributed by atoms with Gasteiger partial charge in [-0.15, -0.1) is 11.3 Å². The molecule has 1 aliphatic heterocycles. The highest BCUT2D eigenvalue weighted by Gasteiger charge is 2.28. The fraction of sp³-hybridized carbons (Fsp3) is 0.357. The SMILES string of the molecule is O=C(c1cscn1)N1CCCC(c2[nH]nc3nccnc23)C1. The van der Waals surface area contributed by atoms with Crippen molar-refractivity contribution in [2.75, 3.05) is 13.1 Å². The van der Waals surface area contributed by atoms with Crippen LogP contribution in [-0.4, -0.2) is 49.0 Å². The second kappa shape index (κ2) is 5.45. The van der Waals surface area contributed by atoms with Gasteiger partial charge in [0.1, 0.15) is 11.2 Å². The fourth-order valence-corrected chi connectivity index (χ4v) is 3.46. The van der Waals surface area contributed by atoms with Gasteiger partial charge in [0.2, 0.25) is 0 Å². The number of nitrogens with one attached hydrogen (secondary N) is 1. The van der Waals surface area contributed by atoms with Crippen molar-refractivity contribution in [3.8, 4) is 0 Å². The summed E-state index contributed by atoms with van der Waals surface area (Å²) in [4.78, 5) is 27.0. The molecular weight excluding hydrogens is 300 g/mol. The minimum Gasteiger partial charge on any atom is -0.337 e. The largest absolute Gasteiger partial charge is 0.337 e. The Morgan fingerprint density at radius 3 is 3.09 bits per heavy atom. The van der Waals surface area contributed by atoms with E-state index in [1.165, 1.54) is 11.3 Å². The molecule has 0 bridgehead atoms. The Labute approximate surface area is 130 Å². The van der Waals surface area contributed by atoms with Crippen LogP contribution >= 0.6 is 11.3 Å². The molecule has 1 saturated heterocycles. The zero-order valence-corrected chi connectivity index (χ0v) is 12.6. The summed E-state index contributed by atoms with van der Waals surface area (Å²) in [6.45, 7) is 1.43. The van der Waals surface area contributed by atoms with Crippen molar-refractivity contribution in [3.05, 3.63) is 34.7 Å². The van der Waals surface area contributed by atoms with E-state index in [1.54, 1.807) is 23.3 Å². The van der Waals surface area contributed by atoms with Crippen molar-refractivity contribution < 1.29 is 4.79 Å². The molecule has 1 atom stereocenters. The predicted molar refractivity (Wildman–Crippen MR) is 81.7 cm³/mol. The number of H-pyrrole nitrogens is 1. The van der Waals surface area contributed by atoms with E-state index in [0.717, 1.165) is 30.6 Å². The van der Waals surface area contributed by atoms with Crippen molar-refractivity contribution in [2.45, 2.75) is 18.8 Å². The summed E-state index contributed by atoms with van der Waals surface area (Å²) in [7, 11) is 0. The molecule has 7 nitrogen and oxygen atoms in total. The zero-order chi connectivity index (χ0) is 14.9. The number of aromatic amines is 1. The van der Waals surface area contributed by atoms with Gasteiger partial charge in [-0.3, -0.25) is 9.89 Å². The molecule has 0 saturated carbocycles. The average Bonchev–Trinajstić information content (AvgIpc) is 3.24. The van der Waals surface area contributed by atoms with Gasteiger partial charge in [-0.05, 0) is 12.8 Å². The van der Waals surface area contributed by atoms with Gasteiger partial charge in [0.15, 0.2) is 5.65 Å². The lowest BCUT2D eigenvalue weighted by Gasteiger charge is -2.31. The lowest BCUT2D eigenvalue weighted by molar-refractivity contribution is 0.0701. The number of nitrogens with zero attached hydrogens (tertiary/aromatic N) is 5. The van der Waals surface area contributed by atoms with Crippen molar-refractivity contribution >= 4 is 28.4 Å². The number of carbonyl (C=O) groups excluding carboxylic acids is 1. The van der Waals surface area contributed by atoms with Crippen LogP contribution in [0.25, 0.3) is 11.2 Å². The number of piperidine rings is 1. The number of likely N-dealkylation sites (tertiary alicyclic amines) is 1. The van der Waals surface area contributed by atoms with Gasteiger partial charge < -0.3 is 4.90 Å². The van der Waals surface area contributed by atoms with Crippen molar-refractivity contribution in [2.24, 2.45) is 0 Å². The molecular formula is C14H14N6OS. The van der Waals surface area contributed by atoms with Gasteiger partial charge in [-0.1, -0.05) is 0 Å². The van der Waals surface area contributed by atoms with Crippen LogP contribution < -0.4 is 0 Å². The smallest absolute Gasteiger partial charge is 0.273 e. The van der Waals surface area contributed by atoms with Crippen molar-refractivity contribution in [1.82, 2.24) is 30.0 Å². The van der Waals surface area contributed by atoms with Gasteiger partial charge in [0.05, 0.1) is 11.2 Å². The van der Waals surface area contributed by atoms with Crippen LogP contribution in [0.1, 0.15) is 34.9 Å². The summed E-state index contributed by atoms with van der Waals surface area (Å²) >= 11 is 1.44. The van der Waals surface area contributed by atoms with Crippen LogP contribution in [0.5, 0.6) is 0 Å². The quantitative estimate of drug-likeness (QED) is 0.779. The predicted octanol–water partition coefficient (Wildman–Crippen LogP) is 1.83. The van der Waals surface area contributed by atoms with Crippen LogP contribution in [0.3, 0.4) is 0 Å². The Morgan fingerprint density at radius 1 is 1.32 bits per heavy atom. The van der Waals surface area contributed by atoms with E-state index in [9.17, 15) is 4.79 Å². The minimum absolute atomic E-state index is 0.000792. The number of hydrogen-bond donors (Lipinski definition) is 1. The molecule has 3 aromatic heterocycles. The Hall–Kier alpha value is -2.35. The van der Waals surface area contributed by atoms with E-state index >= 15 is 0 Å². The summed E-state index contributed by atoms with van der Waals surface area (Å²) in [5, 5.41) is 9.05. The van der Waals surface area contributed by atoms with Gasteiger partial charge >= 0.3 is 0 Å². The maximum absolute atomic E-state index is 12.5. The van der Waals surface area contributed by atoms with Gasteiger partial charge in [-0.2, -0.15) is 5.10 Å². The second-order valence-corrected chi connectivity index (χ2v) is 6.05. The Morgan fingerprint density at radius 2 is 2.23 bits per heavy atom. The van der Waals surface area contributed by atoms with Gasteiger partial charge in [0, 0.05) is 36.8 Å². The molecule has 1 amide bonds. The number of thiazole rings is 1. The van der Waals surface area contributed by atoms with E-state index in [0.29, 0.717) is 17.9 Å². The van der Waals surface area contributed by atoms with E-state index in [1.807, 2.05) is 4.90 Å². The molecule has 112 valence electrons. The molecule has 8 heteroatoms. The Kier molecular flexibility index (Phi) is 3.30. The summed E-state index contributed by atoms with van der Waals surface area (Å²) < 4.78 is 0. The maximum Gasteiger partial charge on any atom is 0.273 e. The number of carbonyl (C=O) groups is 1. The third kappa shape index (κ3) is 2.25. The van der Waals surface area contributed by atoms with Crippen molar-refractivity contribution in [3.63, 3.8) is 0 Å². The van der Waals surface area contributed by atoms with Crippen LogP contribution in [0, 0.1) is 0 Å². The average molecular weight is 314 g/mol. The molecule has 1 aliphatic rings. The highest BCUT2D eigenvalue weighted by molar-refractivity contribution is 7.07. The zero-order valence-electron chi connectivity index (χ0n) is 11.8. The molecule has 22 heavy (non-hydrogen) atoms. The molecule has 4 rings (SSSR count). The molecule has 0 aliphatic carbocycles. The first-order valence-corrected chi connectivity index (χ1v) is 8.09. The minimum atomic E-state index is 0.000792. The number of hydrogen-bond acceptors (Lipinski definition) is 6. The first-order chi connectivity index (χ1) is 10.8. The van der Waals surface area contributed by atoms with E-state index in [4.69, 9.17) is 0 Å². The van der Waals surface area contributed by atoms with Crippen LogP contribution in [0.15, 0.2) is 23.3 Å². The summed E-state index contributed by atoms with van der Waals surface area (Å²) in [5.41, 5.74) is 4.61. The van der Waals surface area contributed by atoms with Crippen LogP contribution in [-0.2, 0) is 0 Å². The monoisotopic (exact) mass is 314 g/mol. The van der Waals surface area contributed by atoms with Crippen molar-refractivity contribution in [1.29, 1.82) is 0 Å². The molecule has 1 fully saturated rings. The summed E-state index contributed by atoms with van der Waals surface area (Å²) in [6.07, 6.45) is 5.27. The molecule has 0 aromatic carbocycles. The van der Waals surface area contributed by atoms with Gasteiger partial charge in [-0.25, -0.2) is 15.0 Å². The van der Waals surface area contributed by atoms with Crippen LogP contribution in [0.2, 0.25) is 0 Å². The molecule has 0 radical (unpaired) electrons. The third-order valence-corrected chi connectivity index (χ3v) is 4.57. The molecule has 0 spiro atoms. The van der Waals surface area contributed by atoms with E-state index in [-0.39, 0.29) is 11.8 Å². The Balaban J connectivity index is 1.60. The molecule has 1 unspecified atom stereocenters. The van der Waals surface area contributed by atoms with E-state index < -0.39 is 0 Å². The third-order valence-electron chi connectivity index (χ3n) is 3.98. The van der Waals surface area contributed by atoms with Gasteiger partial charge in [0.25, 0.3) is 5.91 Å². The molecule has 3 aromatic rings. The molecule has 4 heterocycles. The van der Waals surface area contributed by atoms with E-state index in [2.05, 4.69) is 25.1 Å². The first-order valence-electron chi connectivity index (χ1n) is 7.15. The van der Waals surface area contributed by atoms with Crippen LogP contribution in [0.4, 0.5) is 0 Å². The topological polar surface area (TPSA) is 87.7 Å². The highest BCUT2D eigenvalue weighted by atomic mass is 32.1. The normalized spacial score (nSPS) is 18.7. The fourth-order valence-electron chi connectivity index (χ4n) is 2.93. The second-order valence-electron chi connectivity index (χ2n) is 5.33. The maximum atomic E-state index is 12.5.